The van der Waals surface area contributed by atoms with E-state index >= 15 is 0 Å². The molecule has 4 atom stereocenters. The molecular weight excluding hydrogens is 418 g/mol. The van der Waals surface area contributed by atoms with Crippen molar-refractivity contribution >= 4 is 22.0 Å². The summed E-state index contributed by atoms with van der Waals surface area (Å²) in [5.74, 6) is -1.47. The average molecular weight is 446 g/mol. The molecule has 2 aromatic rings. The minimum atomic E-state index is -3.96. The molecule has 1 amide bonds. The van der Waals surface area contributed by atoms with Gasteiger partial charge in [-0.1, -0.05) is 36.8 Å². The van der Waals surface area contributed by atoms with E-state index in [2.05, 4.69) is 0 Å². The number of sulfone groups is 1. The Morgan fingerprint density at radius 3 is 2.16 bits per heavy atom. The van der Waals surface area contributed by atoms with E-state index in [4.69, 9.17) is 9.47 Å². The van der Waals surface area contributed by atoms with Crippen molar-refractivity contribution in [3.05, 3.63) is 59.7 Å². The van der Waals surface area contributed by atoms with Crippen LogP contribution in [0.5, 0.6) is 5.75 Å². The van der Waals surface area contributed by atoms with Gasteiger partial charge in [0.05, 0.1) is 12.0 Å². The van der Waals surface area contributed by atoms with E-state index in [1.807, 2.05) is 6.92 Å². The fourth-order valence-electron chi connectivity index (χ4n) is 4.00. The summed E-state index contributed by atoms with van der Waals surface area (Å²) in [4.78, 5) is 26.6. The van der Waals surface area contributed by atoms with E-state index < -0.39 is 33.2 Å². The van der Waals surface area contributed by atoms with Gasteiger partial charge in [-0.25, -0.2) is 8.42 Å². The van der Waals surface area contributed by atoms with Gasteiger partial charge >= 0.3 is 0 Å². The number of carbonyl (C=O) groups excluding carboxylic acids is 2. The van der Waals surface area contributed by atoms with Crippen molar-refractivity contribution in [3.8, 4) is 5.75 Å². The maximum Gasteiger partial charge on any atom is 0.228 e. The van der Waals surface area contributed by atoms with Crippen LogP contribution in [0.15, 0.2) is 53.4 Å². The highest BCUT2D eigenvalue weighted by Crippen LogP contribution is 2.37. The van der Waals surface area contributed by atoms with Gasteiger partial charge in [0.15, 0.2) is 9.84 Å². The minimum Gasteiger partial charge on any atom is -0.497 e. The van der Waals surface area contributed by atoms with Crippen molar-refractivity contribution in [1.82, 2.24) is 4.90 Å². The number of piperidine rings is 1. The summed E-state index contributed by atoms with van der Waals surface area (Å²) >= 11 is 0. The first-order chi connectivity index (χ1) is 14.7. The van der Waals surface area contributed by atoms with E-state index in [1.165, 1.54) is 24.1 Å². The predicted molar refractivity (Wildman–Crippen MR) is 115 cm³/mol. The average Bonchev–Trinajstić information content (AvgIpc) is 2.77. The van der Waals surface area contributed by atoms with Gasteiger partial charge in [0.25, 0.3) is 0 Å². The quantitative estimate of drug-likeness (QED) is 0.609. The topological polar surface area (TPSA) is 90.0 Å². The fourth-order valence-corrected chi connectivity index (χ4v) is 6.11. The van der Waals surface area contributed by atoms with Gasteiger partial charge in [-0.2, -0.15) is 0 Å². The first kappa shape index (κ1) is 23.0. The molecule has 0 radical (unpaired) electrons. The maximum atomic E-state index is 13.6. The molecular formula is C23H27NO6S. The Morgan fingerprint density at radius 1 is 1.03 bits per heavy atom. The van der Waals surface area contributed by atoms with Gasteiger partial charge in [0, 0.05) is 25.5 Å². The van der Waals surface area contributed by atoms with Crippen LogP contribution in [-0.2, 0) is 30.7 Å². The monoisotopic (exact) mass is 445 g/mol. The number of aryl methyl sites for hydroxylation is 1. The van der Waals surface area contributed by atoms with Crippen molar-refractivity contribution in [2.75, 3.05) is 14.2 Å². The molecule has 7 nitrogen and oxygen atoms in total. The highest BCUT2D eigenvalue weighted by molar-refractivity contribution is 7.92. The zero-order valence-corrected chi connectivity index (χ0v) is 18.8. The van der Waals surface area contributed by atoms with Crippen LogP contribution in [0.25, 0.3) is 0 Å². The Balaban J connectivity index is 2.04. The SMILES string of the molecule is COc1ccc(CN2C(=O)[C@@H](C)[C@H](C=O)C(S(=O)(=O)c3ccc(C)cc3)C2OC)cc1. The molecule has 0 saturated carbocycles. The van der Waals surface area contributed by atoms with Crippen LogP contribution in [-0.4, -0.2) is 51.2 Å². The Kier molecular flexibility index (Phi) is 6.81. The number of benzene rings is 2. The van der Waals surface area contributed by atoms with Crippen molar-refractivity contribution in [2.24, 2.45) is 11.8 Å². The number of amides is 1. The third-order valence-electron chi connectivity index (χ3n) is 5.84. The predicted octanol–water partition coefficient (Wildman–Crippen LogP) is 2.61. The van der Waals surface area contributed by atoms with Gasteiger partial charge in [-0.15, -0.1) is 0 Å². The van der Waals surface area contributed by atoms with Crippen molar-refractivity contribution in [1.29, 1.82) is 0 Å². The Labute approximate surface area is 182 Å². The van der Waals surface area contributed by atoms with Gasteiger partial charge < -0.3 is 19.2 Å². The third kappa shape index (κ3) is 4.36. The molecule has 2 aromatic carbocycles. The standard InChI is InChI=1S/C23H27NO6S/c1-15-5-11-19(12-6-15)31(27,28)21-20(14-25)16(2)22(26)24(23(21)30-4)13-17-7-9-18(29-3)10-8-17/h5-12,14,16,20-21,23H,13H2,1-4H3/t16-,20-,21?,23?/m0/s1. The number of carbonyl (C=O) groups is 2. The van der Waals surface area contributed by atoms with E-state index in [0.717, 1.165) is 11.1 Å². The number of ether oxygens (including phenoxy) is 2. The van der Waals surface area contributed by atoms with Crippen LogP contribution in [0.2, 0.25) is 0 Å². The molecule has 1 saturated heterocycles. The zero-order valence-electron chi connectivity index (χ0n) is 18.0. The number of rotatable bonds is 7. The molecule has 0 aliphatic carbocycles. The maximum absolute atomic E-state index is 13.6. The number of hydrogen-bond donors (Lipinski definition) is 0. The first-order valence-electron chi connectivity index (χ1n) is 9.96. The second kappa shape index (κ2) is 9.20. The lowest BCUT2D eigenvalue weighted by Crippen LogP contribution is -2.61. The summed E-state index contributed by atoms with van der Waals surface area (Å²) in [6.45, 7) is 3.60. The summed E-state index contributed by atoms with van der Waals surface area (Å²) in [5, 5.41) is -1.22. The Bertz CT molecular complexity index is 1030. The van der Waals surface area contributed by atoms with E-state index in [1.54, 1.807) is 50.4 Å². The van der Waals surface area contributed by atoms with E-state index in [0.29, 0.717) is 12.0 Å². The molecule has 0 bridgehead atoms. The largest absolute Gasteiger partial charge is 0.497 e. The van der Waals surface area contributed by atoms with Crippen LogP contribution in [0, 0.1) is 18.8 Å². The number of nitrogens with zero attached hydrogens (tertiary/aromatic N) is 1. The highest BCUT2D eigenvalue weighted by atomic mass is 32.2. The Morgan fingerprint density at radius 2 is 1.65 bits per heavy atom. The molecule has 0 spiro atoms. The number of methoxy groups -OCH3 is 2. The van der Waals surface area contributed by atoms with Crippen LogP contribution in [0.3, 0.4) is 0 Å². The highest BCUT2D eigenvalue weighted by Gasteiger charge is 2.53. The summed E-state index contributed by atoms with van der Waals surface area (Å²) in [7, 11) is -1.05. The van der Waals surface area contributed by atoms with Crippen molar-refractivity contribution in [3.63, 3.8) is 0 Å². The summed E-state index contributed by atoms with van der Waals surface area (Å²) < 4.78 is 37.9. The second-order valence-corrected chi connectivity index (χ2v) is 9.87. The lowest BCUT2D eigenvalue weighted by atomic mass is 9.85. The number of aldehydes is 1. The van der Waals surface area contributed by atoms with Gasteiger partial charge in [0.2, 0.25) is 5.91 Å². The molecule has 1 heterocycles. The van der Waals surface area contributed by atoms with Gasteiger partial charge in [0.1, 0.15) is 23.5 Å². The van der Waals surface area contributed by atoms with Crippen LogP contribution >= 0.6 is 0 Å². The molecule has 166 valence electrons. The molecule has 0 N–H and O–H groups in total. The van der Waals surface area contributed by atoms with E-state index in [-0.39, 0.29) is 17.3 Å². The summed E-state index contributed by atoms with van der Waals surface area (Å²) in [6.07, 6.45) is -0.539. The third-order valence-corrected chi connectivity index (χ3v) is 8.03. The van der Waals surface area contributed by atoms with Gasteiger partial charge in [-0.3, -0.25) is 4.79 Å². The molecule has 31 heavy (non-hydrogen) atoms. The summed E-state index contributed by atoms with van der Waals surface area (Å²) in [5.41, 5.74) is 1.71. The molecule has 1 aliphatic rings. The molecule has 1 fully saturated rings. The zero-order chi connectivity index (χ0) is 22.8. The van der Waals surface area contributed by atoms with Crippen LogP contribution in [0.1, 0.15) is 18.1 Å². The molecule has 3 rings (SSSR count). The number of likely N-dealkylation sites (tertiary alicyclic amines) is 1. The molecule has 2 unspecified atom stereocenters. The number of hydrogen-bond acceptors (Lipinski definition) is 6. The lowest BCUT2D eigenvalue weighted by molar-refractivity contribution is -0.162. The molecule has 8 heteroatoms. The van der Waals surface area contributed by atoms with E-state index in [9.17, 15) is 18.0 Å². The van der Waals surface area contributed by atoms with Crippen LogP contribution in [0.4, 0.5) is 0 Å². The minimum absolute atomic E-state index is 0.1000. The van der Waals surface area contributed by atoms with Crippen molar-refractivity contribution < 1.29 is 27.5 Å². The Hall–Kier alpha value is -2.71. The van der Waals surface area contributed by atoms with Crippen molar-refractivity contribution in [2.45, 2.75) is 36.8 Å². The lowest BCUT2D eigenvalue weighted by Gasteiger charge is -2.45. The normalized spacial score (nSPS) is 24.1. The smallest absolute Gasteiger partial charge is 0.228 e. The fraction of sp³-hybridized carbons (Fsp3) is 0.391. The van der Waals surface area contributed by atoms with Gasteiger partial charge in [-0.05, 0) is 36.8 Å². The second-order valence-electron chi connectivity index (χ2n) is 7.77. The molecule has 1 aliphatic heterocycles. The van der Waals surface area contributed by atoms with Crippen LogP contribution < -0.4 is 4.74 Å². The molecule has 0 aromatic heterocycles. The summed E-state index contributed by atoms with van der Waals surface area (Å²) in [6, 6.07) is 13.6. The first-order valence-corrected chi connectivity index (χ1v) is 11.5.